The molecule has 1 aromatic carbocycles. The predicted molar refractivity (Wildman–Crippen MR) is 83.9 cm³/mol. The van der Waals surface area contributed by atoms with Crippen LogP contribution in [0.5, 0.6) is 5.75 Å². The van der Waals surface area contributed by atoms with Gasteiger partial charge in [0.15, 0.2) is 0 Å². The van der Waals surface area contributed by atoms with E-state index in [-0.39, 0.29) is 10.3 Å². The summed E-state index contributed by atoms with van der Waals surface area (Å²) in [5, 5.41) is 0. The highest BCUT2D eigenvalue weighted by molar-refractivity contribution is 7.89. The van der Waals surface area contributed by atoms with Gasteiger partial charge in [0, 0.05) is 12.2 Å². The van der Waals surface area contributed by atoms with Crippen LogP contribution in [0.1, 0.15) is 39.2 Å². The van der Waals surface area contributed by atoms with E-state index in [0.717, 1.165) is 24.8 Å². The zero-order valence-corrected chi connectivity index (χ0v) is 13.7. The SMILES string of the molecule is CCC(C)(C)CNS(=O)(=O)c1cc(N)cc2c1OCCC2. The van der Waals surface area contributed by atoms with Crippen LogP contribution in [0.2, 0.25) is 0 Å². The Morgan fingerprint density at radius 1 is 1.38 bits per heavy atom. The summed E-state index contributed by atoms with van der Waals surface area (Å²) in [6.45, 7) is 7.02. The number of nitrogens with two attached hydrogens (primary N) is 1. The minimum absolute atomic E-state index is 0.0890. The van der Waals surface area contributed by atoms with E-state index in [1.54, 1.807) is 6.07 Å². The fourth-order valence-corrected chi connectivity index (χ4v) is 3.62. The van der Waals surface area contributed by atoms with Gasteiger partial charge in [-0.25, -0.2) is 13.1 Å². The lowest BCUT2D eigenvalue weighted by molar-refractivity contribution is 0.280. The van der Waals surface area contributed by atoms with Gasteiger partial charge in [-0.1, -0.05) is 20.8 Å². The Bertz CT molecular complexity index is 624. The normalized spacial score (nSPS) is 15.4. The first kappa shape index (κ1) is 16.1. The molecule has 0 saturated carbocycles. The smallest absolute Gasteiger partial charge is 0.244 e. The van der Waals surface area contributed by atoms with Crippen LogP contribution in [0.3, 0.4) is 0 Å². The van der Waals surface area contributed by atoms with Crippen molar-refractivity contribution in [2.24, 2.45) is 5.41 Å². The Kier molecular flexibility index (Phi) is 4.49. The molecule has 1 aromatic rings. The number of hydrogen-bond donors (Lipinski definition) is 2. The van der Waals surface area contributed by atoms with Crippen molar-refractivity contribution in [1.82, 2.24) is 4.72 Å². The van der Waals surface area contributed by atoms with Crippen molar-refractivity contribution in [3.05, 3.63) is 17.7 Å². The molecule has 0 fully saturated rings. The third-order valence-electron chi connectivity index (χ3n) is 3.98. The molecule has 0 aromatic heterocycles. The highest BCUT2D eigenvalue weighted by Gasteiger charge is 2.27. The molecule has 6 heteroatoms. The van der Waals surface area contributed by atoms with Gasteiger partial charge >= 0.3 is 0 Å². The van der Waals surface area contributed by atoms with Crippen molar-refractivity contribution >= 4 is 15.7 Å². The summed E-state index contributed by atoms with van der Waals surface area (Å²) >= 11 is 0. The number of rotatable bonds is 5. The van der Waals surface area contributed by atoms with Gasteiger partial charge in [0.1, 0.15) is 10.6 Å². The van der Waals surface area contributed by atoms with E-state index in [2.05, 4.69) is 4.72 Å². The second-order valence-corrected chi connectivity index (χ2v) is 8.04. The summed E-state index contributed by atoms with van der Waals surface area (Å²) < 4.78 is 33.4. The van der Waals surface area contributed by atoms with Gasteiger partial charge in [0.25, 0.3) is 0 Å². The van der Waals surface area contributed by atoms with Crippen molar-refractivity contribution in [3.63, 3.8) is 0 Å². The molecule has 1 aliphatic rings. The summed E-state index contributed by atoms with van der Waals surface area (Å²) in [6.07, 6.45) is 2.57. The first-order valence-electron chi connectivity index (χ1n) is 7.30. The first-order chi connectivity index (χ1) is 9.75. The van der Waals surface area contributed by atoms with Gasteiger partial charge in [0.05, 0.1) is 6.61 Å². The van der Waals surface area contributed by atoms with Crippen LogP contribution in [-0.2, 0) is 16.4 Å². The Balaban J connectivity index is 2.34. The molecular weight excluding hydrogens is 288 g/mol. The molecule has 2 rings (SSSR count). The van der Waals surface area contributed by atoms with Crippen molar-refractivity contribution in [2.45, 2.75) is 44.9 Å². The van der Waals surface area contributed by atoms with Crippen molar-refractivity contribution in [3.8, 4) is 5.75 Å². The minimum atomic E-state index is -3.62. The third-order valence-corrected chi connectivity index (χ3v) is 5.38. The summed E-state index contributed by atoms with van der Waals surface area (Å²) in [5.74, 6) is 0.456. The largest absolute Gasteiger partial charge is 0.492 e. The van der Waals surface area contributed by atoms with E-state index in [1.165, 1.54) is 6.07 Å². The maximum Gasteiger partial charge on any atom is 0.244 e. The number of ether oxygens (including phenoxy) is 1. The molecule has 3 N–H and O–H groups in total. The summed E-state index contributed by atoms with van der Waals surface area (Å²) in [5.41, 5.74) is 7.08. The van der Waals surface area contributed by atoms with Crippen molar-refractivity contribution < 1.29 is 13.2 Å². The fourth-order valence-electron chi connectivity index (χ4n) is 2.16. The van der Waals surface area contributed by atoms with E-state index >= 15 is 0 Å². The molecular formula is C15H24N2O3S. The van der Waals surface area contributed by atoms with Gasteiger partial charge in [0.2, 0.25) is 10.0 Å². The molecule has 0 aliphatic carbocycles. The average molecular weight is 312 g/mol. The van der Waals surface area contributed by atoms with E-state index in [9.17, 15) is 8.42 Å². The minimum Gasteiger partial charge on any atom is -0.492 e. The molecule has 0 saturated heterocycles. The third kappa shape index (κ3) is 3.68. The first-order valence-corrected chi connectivity index (χ1v) is 8.78. The highest BCUT2D eigenvalue weighted by atomic mass is 32.2. The molecule has 1 heterocycles. The van der Waals surface area contributed by atoms with Crippen LogP contribution >= 0.6 is 0 Å². The lowest BCUT2D eigenvalue weighted by Crippen LogP contribution is -2.34. The number of hydrogen-bond acceptors (Lipinski definition) is 4. The molecule has 1 aliphatic heterocycles. The number of nitrogen functional groups attached to an aromatic ring is 1. The van der Waals surface area contributed by atoms with Crippen LogP contribution < -0.4 is 15.2 Å². The Hall–Kier alpha value is -1.27. The zero-order valence-electron chi connectivity index (χ0n) is 12.9. The lowest BCUT2D eigenvalue weighted by Gasteiger charge is -2.25. The maximum atomic E-state index is 12.6. The van der Waals surface area contributed by atoms with Gasteiger partial charge in [-0.3, -0.25) is 0 Å². The molecule has 0 radical (unpaired) electrons. The van der Waals surface area contributed by atoms with Crippen LogP contribution in [0, 0.1) is 5.41 Å². The average Bonchev–Trinajstić information content (AvgIpc) is 2.44. The number of benzene rings is 1. The Morgan fingerprint density at radius 2 is 2.10 bits per heavy atom. The van der Waals surface area contributed by atoms with E-state index in [1.807, 2.05) is 20.8 Å². The van der Waals surface area contributed by atoms with Gasteiger partial charge in [-0.2, -0.15) is 0 Å². The van der Waals surface area contributed by atoms with E-state index in [4.69, 9.17) is 10.5 Å². The standard InChI is InChI=1S/C15H24N2O3S/c1-4-15(2,3)10-17-21(18,19)13-9-12(16)8-11-6-5-7-20-14(11)13/h8-9,17H,4-7,10,16H2,1-3H3. The summed E-state index contributed by atoms with van der Waals surface area (Å²) in [6, 6.07) is 3.27. The van der Waals surface area contributed by atoms with E-state index in [0.29, 0.717) is 24.6 Å². The molecule has 0 atom stereocenters. The predicted octanol–water partition coefficient (Wildman–Crippen LogP) is 2.31. The Labute approximate surface area is 126 Å². The molecule has 0 unspecified atom stereocenters. The van der Waals surface area contributed by atoms with Crippen LogP contribution in [0.15, 0.2) is 17.0 Å². The zero-order chi connectivity index (χ0) is 15.7. The molecule has 118 valence electrons. The number of fused-ring (bicyclic) bond motifs is 1. The molecule has 0 amide bonds. The molecule has 0 bridgehead atoms. The second-order valence-electron chi connectivity index (χ2n) is 6.30. The molecule has 21 heavy (non-hydrogen) atoms. The summed E-state index contributed by atoms with van der Waals surface area (Å²) in [7, 11) is -3.62. The van der Waals surface area contributed by atoms with Gasteiger partial charge in [-0.05, 0) is 42.4 Å². The van der Waals surface area contributed by atoms with Gasteiger partial charge < -0.3 is 10.5 Å². The summed E-state index contributed by atoms with van der Waals surface area (Å²) in [4.78, 5) is 0.157. The maximum absolute atomic E-state index is 12.6. The van der Waals surface area contributed by atoms with Crippen molar-refractivity contribution in [2.75, 3.05) is 18.9 Å². The monoisotopic (exact) mass is 312 g/mol. The lowest BCUT2D eigenvalue weighted by atomic mass is 9.91. The molecule has 5 nitrogen and oxygen atoms in total. The van der Waals surface area contributed by atoms with Crippen LogP contribution in [0.25, 0.3) is 0 Å². The number of sulfonamides is 1. The van der Waals surface area contributed by atoms with Crippen molar-refractivity contribution in [1.29, 1.82) is 0 Å². The topological polar surface area (TPSA) is 81.4 Å². The van der Waals surface area contributed by atoms with E-state index < -0.39 is 10.0 Å². The van der Waals surface area contributed by atoms with Crippen LogP contribution in [-0.4, -0.2) is 21.6 Å². The molecule has 0 spiro atoms. The van der Waals surface area contributed by atoms with Crippen LogP contribution in [0.4, 0.5) is 5.69 Å². The quantitative estimate of drug-likeness (QED) is 0.818. The Morgan fingerprint density at radius 3 is 2.76 bits per heavy atom. The van der Waals surface area contributed by atoms with Gasteiger partial charge in [-0.15, -0.1) is 0 Å². The second kappa shape index (κ2) is 5.85. The fraction of sp³-hybridized carbons (Fsp3) is 0.600. The number of anilines is 1. The number of aryl methyl sites for hydroxylation is 1. The highest BCUT2D eigenvalue weighted by Crippen LogP contribution is 2.34. The number of nitrogens with one attached hydrogen (secondary N) is 1.